The first kappa shape index (κ1) is 11.5. The van der Waals surface area contributed by atoms with Gasteiger partial charge in [-0.2, -0.15) is 0 Å². The molecule has 0 atom stereocenters. The molecule has 9 nitrogen and oxygen atoms in total. The molecular formula is C9H5N3O6. The minimum atomic E-state index is -1.45. The number of nitrogens with zero attached hydrogens (tertiary/aromatic N) is 1. The lowest BCUT2D eigenvalue weighted by molar-refractivity contribution is -0.384. The number of non-ortho nitro benzene ring substituents is 1. The number of carboxylic acids is 1. The Labute approximate surface area is 96.8 Å². The molecule has 2 rings (SSSR count). The summed E-state index contributed by atoms with van der Waals surface area (Å²) in [4.78, 5) is 47.1. The van der Waals surface area contributed by atoms with Crippen molar-refractivity contribution in [3.05, 3.63) is 48.5 Å². The molecule has 0 spiro atoms. The average molecular weight is 251 g/mol. The molecule has 0 aliphatic heterocycles. The monoisotopic (exact) mass is 251 g/mol. The van der Waals surface area contributed by atoms with Gasteiger partial charge in [-0.1, -0.05) is 0 Å². The third-order valence-electron chi connectivity index (χ3n) is 2.26. The van der Waals surface area contributed by atoms with Crippen molar-refractivity contribution in [2.45, 2.75) is 0 Å². The Bertz CT molecular complexity index is 787. The number of aromatic nitrogens is 2. The molecule has 0 radical (unpaired) electrons. The van der Waals surface area contributed by atoms with Gasteiger partial charge in [0.05, 0.1) is 21.5 Å². The lowest BCUT2D eigenvalue weighted by Gasteiger charge is -2.02. The maximum absolute atomic E-state index is 11.1. The zero-order valence-corrected chi connectivity index (χ0v) is 8.59. The summed E-state index contributed by atoms with van der Waals surface area (Å²) < 4.78 is 0. The Balaban J connectivity index is 2.99. The number of aromatic carboxylic acids is 1. The van der Waals surface area contributed by atoms with Gasteiger partial charge in [-0.3, -0.25) is 19.7 Å². The van der Waals surface area contributed by atoms with Crippen molar-refractivity contribution >= 4 is 22.7 Å². The predicted octanol–water partition coefficient (Wildman–Crippen LogP) is -0.177. The van der Waals surface area contributed by atoms with Crippen molar-refractivity contribution in [3.63, 3.8) is 0 Å². The summed E-state index contributed by atoms with van der Waals surface area (Å²) in [6.45, 7) is 0. The average Bonchev–Trinajstić information content (AvgIpc) is 2.29. The fourth-order valence-corrected chi connectivity index (χ4v) is 1.48. The number of nitrogens with one attached hydrogen (secondary N) is 2. The van der Waals surface area contributed by atoms with Gasteiger partial charge in [-0.05, 0) is 0 Å². The van der Waals surface area contributed by atoms with Crippen molar-refractivity contribution in [1.82, 2.24) is 9.97 Å². The van der Waals surface area contributed by atoms with Crippen LogP contribution in [-0.2, 0) is 0 Å². The molecule has 0 fully saturated rings. The number of benzene rings is 1. The van der Waals surface area contributed by atoms with E-state index in [1.165, 1.54) is 0 Å². The minimum absolute atomic E-state index is 0.119. The molecule has 0 aliphatic carbocycles. The van der Waals surface area contributed by atoms with E-state index in [0.717, 1.165) is 12.1 Å². The highest BCUT2D eigenvalue weighted by Crippen LogP contribution is 2.21. The van der Waals surface area contributed by atoms with Gasteiger partial charge in [0.1, 0.15) is 0 Å². The Kier molecular flexibility index (Phi) is 2.43. The smallest absolute Gasteiger partial charge is 0.338 e. The van der Waals surface area contributed by atoms with Crippen LogP contribution in [0.4, 0.5) is 5.69 Å². The Morgan fingerprint density at radius 3 is 2.39 bits per heavy atom. The number of nitro groups is 1. The topological polar surface area (TPSA) is 146 Å². The number of fused-ring (bicyclic) bond motifs is 1. The van der Waals surface area contributed by atoms with E-state index in [1.807, 2.05) is 0 Å². The first-order valence-electron chi connectivity index (χ1n) is 4.58. The van der Waals surface area contributed by atoms with Crippen molar-refractivity contribution in [2.24, 2.45) is 0 Å². The first-order valence-corrected chi connectivity index (χ1v) is 4.58. The molecule has 1 aromatic heterocycles. The van der Waals surface area contributed by atoms with E-state index in [-0.39, 0.29) is 11.0 Å². The third kappa shape index (κ3) is 1.73. The van der Waals surface area contributed by atoms with Gasteiger partial charge in [0.25, 0.3) is 5.69 Å². The molecule has 3 N–H and O–H groups in total. The number of hydrogen-bond donors (Lipinski definition) is 3. The van der Waals surface area contributed by atoms with Crippen LogP contribution in [0.5, 0.6) is 0 Å². The van der Waals surface area contributed by atoms with Gasteiger partial charge in [0.15, 0.2) is 0 Å². The van der Waals surface area contributed by atoms with Gasteiger partial charge in [0.2, 0.25) is 0 Å². The van der Waals surface area contributed by atoms with Crippen LogP contribution in [0.15, 0.2) is 21.7 Å². The summed E-state index contributed by atoms with van der Waals surface area (Å²) in [6.07, 6.45) is 0. The summed E-state index contributed by atoms with van der Waals surface area (Å²) in [5.41, 5.74) is -3.29. The molecule has 0 amide bonds. The van der Waals surface area contributed by atoms with Crippen molar-refractivity contribution in [2.75, 3.05) is 0 Å². The van der Waals surface area contributed by atoms with Gasteiger partial charge < -0.3 is 15.1 Å². The molecule has 0 saturated carbocycles. The van der Waals surface area contributed by atoms with Gasteiger partial charge in [-0.25, -0.2) is 4.79 Å². The van der Waals surface area contributed by atoms with Gasteiger partial charge in [0, 0.05) is 12.1 Å². The molecule has 9 heteroatoms. The number of hydrogen-bond acceptors (Lipinski definition) is 5. The second-order valence-corrected chi connectivity index (χ2v) is 3.39. The summed E-state index contributed by atoms with van der Waals surface area (Å²) in [5.74, 6) is -1.45. The van der Waals surface area contributed by atoms with Gasteiger partial charge in [-0.15, -0.1) is 0 Å². The molecular weight excluding hydrogens is 246 g/mol. The lowest BCUT2D eigenvalue weighted by atomic mass is 10.1. The van der Waals surface area contributed by atoms with E-state index in [1.54, 1.807) is 0 Å². The van der Waals surface area contributed by atoms with Crippen LogP contribution < -0.4 is 11.1 Å². The second-order valence-electron chi connectivity index (χ2n) is 3.39. The van der Waals surface area contributed by atoms with Crippen molar-refractivity contribution in [3.8, 4) is 0 Å². The second kappa shape index (κ2) is 3.80. The number of aromatic amines is 2. The molecule has 0 unspecified atom stereocenters. The zero-order valence-electron chi connectivity index (χ0n) is 8.59. The predicted molar refractivity (Wildman–Crippen MR) is 58.8 cm³/mol. The van der Waals surface area contributed by atoms with Crippen molar-refractivity contribution in [1.29, 1.82) is 0 Å². The molecule has 2 aromatic rings. The quantitative estimate of drug-likeness (QED) is 0.383. The number of carbonyl (C=O) groups is 1. The highest BCUT2D eigenvalue weighted by atomic mass is 16.6. The van der Waals surface area contributed by atoms with Gasteiger partial charge >= 0.3 is 17.1 Å². The Morgan fingerprint density at radius 1 is 1.22 bits per heavy atom. The van der Waals surface area contributed by atoms with Crippen LogP contribution in [0.3, 0.4) is 0 Å². The summed E-state index contributed by atoms with van der Waals surface area (Å²) in [6, 6.07) is 1.78. The van der Waals surface area contributed by atoms with E-state index in [4.69, 9.17) is 5.11 Å². The first-order chi connectivity index (χ1) is 8.40. The number of nitro benzene ring substituents is 1. The van der Waals surface area contributed by atoms with Crippen LogP contribution in [0, 0.1) is 10.1 Å². The largest absolute Gasteiger partial charge is 0.478 e. The zero-order chi connectivity index (χ0) is 13.4. The molecule has 1 aromatic carbocycles. The van der Waals surface area contributed by atoms with E-state index in [2.05, 4.69) is 9.97 Å². The Hall–Kier alpha value is -2.97. The summed E-state index contributed by atoms with van der Waals surface area (Å²) in [5, 5.41) is 19.5. The fourth-order valence-electron chi connectivity index (χ4n) is 1.48. The lowest BCUT2D eigenvalue weighted by Crippen LogP contribution is -2.29. The molecule has 92 valence electrons. The summed E-state index contributed by atoms with van der Waals surface area (Å²) >= 11 is 0. The molecule has 0 aliphatic rings. The highest BCUT2D eigenvalue weighted by molar-refractivity contribution is 6.01. The van der Waals surface area contributed by atoms with Crippen LogP contribution >= 0.6 is 0 Å². The molecule has 0 bridgehead atoms. The third-order valence-corrected chi connectivity index (χ3v) is 2.26. The maximum Gasteiger partial charge on any atom is 0.338 e. The summed E-state index contributed by atoms with van der Waals surface area (Å²) in [7, 11) is 0. The van der Waals surface area contributed by atoms with Crippen LogP contribution in [0.1, 0.15) is 10.4 Å². The minimum Gasteiger partial charge on any atom is -0.478 e. The molecule has 18 heavy (non-hydrogen) atoms. The van der Waals surface area contributed by atoms with E-state index in [9.17, 15) is 24.5 Å². The van der Waals surface area contributed by atoms with Crippen molar-refractivity contribution < 1.29 is 14.8 Å². The van der Waals surface area contributed by atoms with Crippen LogP contribution in [0.2, 0.25) is 0 Å². The number of rotatable bonds is 2. The number of carboxylic acid groups (broad SMARTS) is 1. The van der Waals surface area contributed by atoms with E-state index in [0.29, 0.717) is 0 Å². The molecule has 0 saturated heterocycles. The van der Waals surface area contributed by atoms with Crippen LogP contribution in [-0.4, -0.2) is 26.0 Å². The number of H-pyrrole nitrogens is 2. The van der Waals surface area contributed by atoms with Crippen LogP contribution in [0.25, 0.3) is 11.0 Å². The standard InChI is InChI=1S/C9H5N3O6/c13-7-8(14)11-6-4(9(15)16)1-3(12(17)18)2-5(6)10-7/h1-2H,(H,10,13)(H,11,14)(H,15,16). The van der Waals surface area contributed by atoms with E-state index >= 15 is 0 Å². The fraction of sp³-hybridized carbons (Fsp3) is 0. The maximum atomic E-state index is 11.1. The van der Waals surface area contributed by atoms with E-state index < -0.39 is 33.3 Å². The SMILES string of the molecule is O=C(O)c1cc([N+](=O)[O-])cc2[nH]c(=O)c(=O)[nH]c12. The highest BCUT2D eigenvalue weighted by Gasteiger charge is 2.17. The molecule has 1 heterocycles. The Morgan fingerprint density at radius 2 is 1.83 bits per heavy atom. The normalized spacial score (nSPS) is 10.4.